The van der Waals surface area contributed by atoms with Crippen molar-refractivity contribution in [2.24, 2.45) is 15.7 Å². The molecule has 1 aromatic rings. The number of nitrogens with one attached hydrogen (secondary N) is 3. The minimum absolute atomic E-state index is 0.0172. The number of nitrogens with two attached hydrogens (primary N) is 1. The van der Waals surface area contributed by atoms with E-state index in [1.807, 2.05) is 20.8 Å². The summed E-state index contributed by atoms with van der Waals surface area (Å²) in [5.41, 5.74) is 10.1. The molecule has 0 radical (unpaired) electrons. The minimum Gasteiger partial charge on any atom is -0.444 e. The van der Waals surface area contributed by atoms with Crippen molar-refractivity contribution in [1.82, 2.24) is 20.5 Å². The molecule has 11 nitrogen and oxygen atoms in total. The fourth-order valence-electron chi connectivity index (χ4n) is 4.36. The third-order valence-corrected chi connectivity index (χ3v) is 7.18. The predicted octanol–water partition coefficient (Wildman–Crippen LogP) is 3.86. The molecule has 1 aliphatic carbocycles. The van der Waals surface area contributed by atoms with E-state index < -0.39 is 33.7 Å². The van der Waals surface area contributed by atoms with E-state index >= 15 is 0 Å². The number of ether oxygens (including phenoxy) is 1. The molecule has 3 rings (SSSR count). The van der Waals surface area contributed by atoms with Crippen LogP contribution >= 0.6 is 11.6 Å². The highest BCUT2D eigenvalue weighted by molar-refractivity contribution is 7.88. The molecule has 40 heavy (non-hydrogen) atoms. The largest absolute Gasteiger partial charge is 0.444 e. The second kappa shape index (κ2) is 12.6. The van der Waals surface area contributed by atoms with Gasteiger partial charge in [-0.2, -0.15) is 4.72 Å². The highest BCUT2D eigenvalue weighted by Gasteiger charge is 2.31. The third-order valence-electron chi connectivity index (χ3n) is 6.09. The molecule has 0 bridgehead atoms. The maximum absolute atomic E-state index is 13.8. The van der Waals surface area contributed by atoms with Crippen molar-refractivity contribution in [3.8, 4) is 0 Å². The Labute approximate surface area is 239 Å². The summed E-state index contributed by atoms with van der Waals surface area (Å²) in [4.78, 5) is 21.4. The number of aliphatic imine (C=N–C) groups is 2. The zero-order valence-corrected chi connectivity index (χ0v) is 24.9. The van der Waals surface area contributed by atoms with Crippen LogP contribution in [0.15, 0.2) is 52.2 Å². The average molecular weight is 598 g/mol. The van der Waals surface area contributed by atoms with Crippen molar-refractivity contribution in [2.75, 3.05) is 6.26 Å². The van der Waals surface area contributed by atoms with Crippen molar-refractivity contribution >= 4 is 45.0 Å². The number of halogens is 2. The van der Waals surface area contributed by atoms with Crippen molar-refractivity contribution in [2.45, 2.75) is 77.2 Å². The number of nitrogens with zero attached hydrogens (tertiary/aromatic N) is 3. The topological polar surface area (TPSA) is 151 Å². The summed E-state index contributed by atoms with van der Waals surface area (Å²) in [7, 11) is -3.52. The van der Waals surface area contributed by atoms with Crippen LogP contribution in [0.4, 0.5) is 14.9 Å². The Hall–Kier alpha value is -3.16. The molecule has 1 atom stereocenters. The number of hydrogen-bond acceptors (Lipinski definition) is 8. The molecule has 1 saturated carbocycles. The van der Waals surface area contributed by atoms with E-state index in [-0.39, 0.29) is 28.6 Å². The summed E-state index contributed by atoms with van der Waals surface area (Å²) in [6.45, 7) is 11.2. The third kappa shape index (κ3) is 8.93. The number of sulfonamides is 1. The van der Waals surface area contributed by atoms with Crippen molar-refractivity contribution in [3.05, 3.63) is 53.1 Å². The van der Waals surface area contributed by atoms with E-state index in [2.05, 4.69) is 27.0 Å². The molecule has 1 amide bonds. The Morgan fingerprint density at radius 2 is 1.95 bits per heavy atom. The smallest absolute Gasteiger partial charge is 0.407 e. The lowest BCUT2D eigenvalue weighted by Gasteiger charge is -2.37. The second-order valence-corrected chi connectivity index (χ2v) is 13.0. The molecule has 1 aliphatic heterocycles. The number of alkyl carbamates (subject to hydrolysis) is 1. The van der Waals surface area contributed by atoms with E-state index in [0.29, 0.717) is 42.7 Å². The lowest BCUT2D eigenvalue weighted by molar-refractivity contribution is 0.0491. The maximum atomic E-state index is 13.8. The molecular formula is C26H37ClFN7O4S. The first-order valence-electron chi connectivity index (χ1n) is 12.8. The van der Waals surface area contributed by atoms with Crippen molar-refractivity contribution in [3.63, 3.8) is 0 Å². The summed E-state index contributed by atoms with van der Waals surface area (Å²) in [6.07, 6.45) is 4.13. The summed E-state index contributed by atoms with van der Waals surface area (Å²) in [5, 5.41) is 4.64. The molecule has 1 heterocycles. The van der Waals surface area contributed by atoms with Crippen molar-refractivity contribution < 1.29 is 22.3 Å². The Bertz CT molecular complexity index is 1330. The number of benzene rings is 1. The minimum atomic E-state index is -3.52. The summed E-state index contributed by atoms with van der Waals surface area (Å²) >= 11 is 6.19. The van der Waals surface area contributed by atoms with Gasteiger partial charge in [0.25, 0.3) is 0 Å². The molecular weight excluding hydrogens is 561 g/mol. The van der Waals surface area contributed by atoms with Crippen LogP contribution in [0.3, 0.4) is 0 Å². The van der Waals surface area contributed by atoms with Gasteiger partial charge in [-0.05, 0) is 65.5 Å². The molecule has 0 saturated heterocycles. The standard InChI is InChI=1S/C26H37ClFN7O4S/c1-15-23(31-18-8-10-19(11-9-18)32-25(36)39-26(3,4)5)20(14-30-35(15)16(2)34-40(6,37)38)24(29)33-22-13-17(28)7-12-21(22)27/h7,12-14,16,18-19,30,34H,1,8-11H2,2-6H3,(H2,29,33)(H,32,36). The quantitative estimate of drug-likeness (QED) is 0.275. The summed E-state index contributed by atoms with van der Waals surface area (Å²) < 4.78 is 45.4. The Balaban J connectivity index is 1.86. The van der Waals surface area contributed by atoms with E-state index in [1.165, 1.54) is 29.4 Å². The fraction of sp³-hybridized carbons (Fsp3) is 0.500. The van der Waals surface area contributed by atoms with E-state index in [9.17, 15) is 17.6 Å². The van der Waals surface area contributed by atoms with E-state index in [1.54, 1.807) is 6.92 Å². The molecule has 2 aliphatic rings. The van der Waals surface area contributed by atoms with E-state index in [4.69, 9.17) is 27.1 Å². The van der Waals surface area contributed by atoms with Gasteiger partial charge in [0.1, 0.15) is 23.4 Å². The first kappa shape index (κ1) is 31.4. The molecule has 1 fully saturated rings. The number of amidine groups is 1. The van der Waals surface area contributed by atoms with Gasteiger partial charge in [0.15, 0.2) is 0 Å². The fourth-order valence-corrected chi connectivity index (χ4v) is 5.25. The van der Waals surface area contributed by atoms with Crippen LogP contribution in [0, 0.1) is 5.82 Å². The van der Waals surface area contributed by atoms with Crippen LogP contribution in [0.2, 0.25) is 5.02 Å². The number of allylic oxidation sites excluding steroid dienone is 1. The van der Waals surface area contributed by atoms with E-state index in [0.717, 1.165) is 6.26 Å². The zero-order chi connectivity index (χ0) is 29.8. The van der Waals surface area contributed by atoms with Gasteiger partial charge < -0.3 is 21.2 Å². The van der Waals surface area contributed by atoms with Crippen LogP contribution < -0.4 is 21.2 Å². The highest BCUT2D eigenvalue weighted by Crippen LogP contribution is 2.28. The number of hydrogen-bond donors (Lipinski definition) is 4. The van der Waals surface area contributed by atoms with Gasteiger partial charge in [-0.15, -0.1) is 0 Å². The molecule has 0 aromatic heterocycles. The second-order valence-electron chi connectivity index (χ2n) is 10.8. The number of carbonyl (C=O) groups is 1. The number of amides is 1. The van der Waals surface area contributed by atoms with Crippen LogP contribution in [-0.4, -0.2) is 61.2 Å². The first-order chi connectivity index (χ1) is 18.5. The molecule has 14 heteroatoms. The Kier molecular flexibility index (Phi) is 9.85. The molecule has 1 unspecified atom stereocenters. The van der Waals surface area contributed by atoms with Gasteiger partial charge in [-0.3, -0.25) is 10.0 Å². The molecule has 5 N–H and O–H groups in total. The summed E-state index contributed by atoms with van der Waals surface area (Å²) in [5.74, 6) is -0.503. The van der Waals surface area contributed by atoms with Crippen molar-refractivity contribution in [1.29, 1.82) is 0 Å². The summed E-state index contributed by atoms with van der Waals surface area (Å²) in [6, 6.07) is 3.59. The zero-order valence-electron chi connectivity index (χ0n) is 23.3. The molecule has 1 aromatic carbocycles. The average Bonchev–Trinajstić information content (AvgIpc) is 2.81. The predicted molar refractivity (Wildman–Crippen MR) is 155 cm³/mol. The lowest BCUT2D eigenvalue weighted by Crippen LogP contribution is -2.54. The van der Waals surface area contributed by atoms with Gasteiger partial charge in [-0.1, -0.05) is 18.2 Å². The normalized spacial score (nSPS) is 22.4. The number of carbonyl (C=O) groups excluding carboxylic acids is 1. The molecule has 0 spiro atoms. The Morgan fingerprint density at radius 1 is 1.30 bits per heavy atom. The number of hydrazine groups is 1. The van der Waals surface area contributed by atoms with Gasteiger partial charge in [0, 0.05) is 18.3 Å². The number of rotatable bonds is 7. The SMILES string of the molecule is C=C1C(=NC2CCC(NC(=O)OC(C)(C)C)CC2)C(C(N)=Nc2cc(F)ccc2Cl)=CNN1C(C)NS(C)(=O)=O. The first-order valence-corrected chi connectivity index (χ1v) is 15.1. The van der Waals surface area contributed by atoms with Crippen LogP contribution in [0.5, 0.6) is 0 Å². The van der Waals surface area contributed by atoms with Gasteiger partial charge >= 0.3 is 6.09 Å². The Morgan fingerprint density at radius 3 is 2.55 bits per heavy atom. The lowest BCUT2D eigenvalue weighted by atomic mass is 9.91. The highest BCUT2D eigenvalue weighted by atomic mass is 35.5. The monoisotopic (exact) mass is 597 g/mol. The maximum Gasteiger partial charge on any atom is 0.407 e. The van der Waals surface area contributed by atoms with Gasteiger partial charge in [0.05, 0.1) is 40.0 Å². The molecule has 220 valence electrons. The van der Waals surface area contributed by atoms with Crippen LogP contribution in [-0.2, 0) is 14.8 Å². The van der Waals surface area contributed by atoms with Crippen LogP contribution in [0.1, 0.15) is 53.4 Å². The van der Waals surface area contributed by atoms with Gasteiger partial charge in [-0.25, -0.2) is 22.6 Å². The van der Waals surface area contributed by atoms with Crippen LogP contribution in [0.25, 0.3) is 0 Å². The van der Waals surface area contributed by atoms with Gasteiger partial charge in [0.2, 0.25) is 10.0 Å².